The van der Waals surface area contributed by atoms with Gasteiger partial charge >= 0.3 is 0 Å². The number of nitrogens with zero attached hydrogens (tertiary/aromatic N) is 1. The lowest BCUT2D eigenvalue weighted by molar-refractivity contribution is 0.583. The second kappa shape index (κ2) is 7.11. The molecule has 1 aromatic carbocycles. The predicted octanol–water partition coefficient (Wildman–Crippen LogP) is 3.93. The molecular formula is C15H13ClN2O2S3. The van der Waals surface area contributed by atoms with Crippen LogP contribution in [0, 0.1) is 0 Å². The van der Waals surface area contributed by atoms with Gasteiger partial charge in [0.1, 0.15) is 9.22 Å². The molecule has 2 aromatic heterocycles. The molecule has 120 valence electrons. The molecule has 0 spiro atoms. The van der Waals surface area contributed by atoms with Gasteiger partial charge in [0.15, 0.2) is 0 Å². The molecule has 3 aromatic rings. The van der Waals surface area contributed by atoms with Crippen LogP contribution < -0.4 is 4.72 Å². The van der Waals surface area contributed by atoms with E-state index in [1.165, 1.54) is 23.0 Å². The van der Waals surface area contributed by atoms with Crippen molar-refractivity contribution in [3.63, 3.8) is 0 Å². The molecule has 1 N–H and O–H groups in total. The first-order valence-electron chi connectivity index (χ1n) is 6.75. The van der Waals surface area contributed by atoms with Crippen molar-refractivity contribution in [2.45, 2.75) is 17.2 Å². The van der Waals surface area contributed by atoms with E-state index in [9.17, 15) is 8.42 Å². The van der Waals surface area contributed by atoms with Gasteiger partial charge < -0.3 is 0 Å². The quantitative estimate of drug-likeness (QED) is 0.700. The summed E-state index contributed by atoms with van der Waals surface area (Å²) in [7, 11) is -3.54. The smallest absolute Gasteiger partial charge is 0.248 e. The number of thiophene rings is 1. The van der Waals surface area contributed by atoms with Gasteiger partial charge in [0.25, 0.3) is 0 Å². The summed E-state index contributed by atoms with van der Waals surface area (Å²) in [6.07, 6.45) is 2.59. The summed E-state index contributed by atoms with van der Waals surface area (Å²) in [6, 6.07) is 13.2. The molecule has 0 saturated carbocycles. The van der Waals surface area contributed by atoms with Crippen molar-refractivity contribution in [2.24, 2.45) is 0 Å². The van der Waals surface area contributed by atoms with E-state index in [-0.39, 0.29) is 10.8 Å². The van der Waals surface area contributed by atoms with Crippen LogP contribution in [0.15, 0.2) is 52.9 Å². The van der Waals surface area contributed by atoms with Gasteiger partial charge in [0.2, 0.25) is 10.0 Å². The Kier molecular flexibility index (Phi) is 5.13. The van der Waals surface area contributed by atoms with E-state index >= 15 is 0 Å². The van der Waals surface area contributed by atoms with E-state index in [1.54, 1.807) is 12.3 Å². The van der Waals surface area contributed by atoms with Crippen molar-refractivity contribution in [1.29, 1.82) is 0 Å². The summed E-state index contributed by atoms with van der Waals surface area (Å²) in [5.74, 6) is 0. The Hall–Kier alpha value is -1.25. The first kappa shape index (κ1) is 16.6. The van der Waals surface area contributed by atoms with E-state index < -0.39 is 10.0 Å². The third-order valence-electron chi connectivity index (χ3n) is 3.05. The van der Waals surface area contributed by atoms with E-state index in [1.807, 2.05) is 18.2 Å². The highest BCUT2D eigenvalue weighted by Gasteiger charge is 2.17. The number of nitrogens with one attached hydrogen (secondary N) is 1. The van der Waals surface area contributed by atoms with Crippen LogP contribution in [0.1, 0.15) is 15.4 Å². The van der Waals surface area contributed by atoms with Crippen LogP contribution in [0.5, 0.6) is 0 Å². The summed E-state index contributed by atoms with van der Waals surface area (Å²) >= 11 is 8.32. The SMILES string of the molecule is O=S(=O)(NCc1ncc(Cc2ccccc2)s1)c1ccc(Cl)s1. The monoisotopic (exact) mass is 384 g/mol. The minimum absolute atomic E-state index is 0.178. The Balaban J connectivity index is 1.63. The third kappa shape index (κ3) is 4.39. The van der Waals surface area contributed by atoms with Gasteiger partial charge in [-0.3, -0.25) is 0 Å². The normalized spacial score (nSPS) is 11.7. The second-order valence-electron chi connectivity index (χ2n) is 4.77. The maximum atomic E-state index is 12.1. The Morgan fingerprint density at radius 1 is 1.09 bits per heavy atom. The molecular weight excluding hydrogens is 372 g/mol. The molecule has 0 atom stereocenters. The fourth-order valence-corrected chi connectivity index (χ4v) is 5.48. The van der Waals surface area contributed by atoms with Crippen molar-refractivity contribution < 1.29 is 8.42 Å². The fourth-order valence-electron chi connectivity index (χ4n) is 1.98. The highest BCUT2D eigenvalue weighted by Crippen LogP contribution is 2.25. The number of aromatic nitrogens is 1. The third-order valence-corrected chi connectivity index (χ3v) is 7.17. The Morgan fingerprint density at radius 2 is 1.87 bits per heavy atom. The number of halogens is 1. The van der Waals surface area contributed by atoms with Gasteiger partial charge in [-0.05, 0) is 17.7 Å². The second-order valence-corrected chi connectivity index (χ2v) is 9.67. The molecule has 23 heavy (non-hydrogen) atoms. The fraction of sp³-hybridized carbons (Fsp3) is 0.133. The van der Waals surface area contributed by atoms with Crippen molar-refractivity contribution in [3.05, 3.63) is 68.4 Å². The molecule has 4 nitrogen and oxygen atoms in total. The molecule has 0 amide bonds. The molecule has 0 unspecified atom stereocenters. The van der Waals surface area contributed by atoms with Gasteiger partial charge in [0, 0.05) is 17.5 Å². The van der Waals surface area contributed by atoms with Crippen LogP contribution in [0.4, 0.5) is 0 Å². The molecule has 0 aliphatic rings. The highest BCUT2D eigenvalue weighted by atomic mass is 35.5. The summed E-state index contributed by atoms with van der Waals surface area (Å²) in [5, 5.41) is 0.738. The van der Waals surface area contributed by atoms with Gasteiger partial charge in [-0.2, -0.15) is 0 Å². The Labute approximate surface area is 147 Å². The minimum Gasteiger partial charge on any atom is -0.248 e. The number of sulfonamides is 1. The first-order chi connectivity index (χ1) is 11.0. The van der Waals surface area contributed by atoms with Crippen LogP contribution in [0.25, 0.3) is 0 Å². The zero-order valence-corrected chi connectivity index (χ0v) is 15.1. The largest absolute Gasteiger partial charge is 0.250 e. The molecule has 0 radical (unpaired) electrons. The van der Waals surface area contributed by atoms with Crippen molar-refractivity contribution in [2.75, 3.05) is 0 Å². The lowest BCUT2D eigenvalue weighted by atomic mass is 10.1. The van der Waals surface area contributed by atoms with Gasteiger partial charge in [-0.1, -0.05) is 41.9 Å². The number of hydrogen-bond acceptors (Lipinski definition) is 5. The van der Waals surface area contributed by atoms with E-state index in [4.69, 9.17) is 11.6 Å². The molecule has 2 heterocycles. The van der Waals surface area contributed by atoms with Crippen LogP contribution >= 0.6 is 34.3 Å². The Morgan fingerprint density at radius 3 is 2.57 bits per heavy atom. The van der Waals surface area contributed by atoms with E-state index in [2.05, 4.69) is 21.8 Å². The van der Waals surface area contributed by atoms with E-state index in [0.717, 1.165) is 27.6 Å². The number of benzene rings is 1. The molecule has 0 aliphatic heterocycles. The van der Waals surface area contributed by atoms with Crippen LogP contribution in [-0.2, 0) is 23.0 Å². The van der Waals surface area contributed by atoms with Gasteiger partial charge in [-0.15, -0.1) is 22.7 Å². The maximum absolute atomic E-state index is 12.1. The summed E-state index contributed by atoms with van der Waals surface area (Å²) < 4.78 is 27.5. The summed E-state index contributed by atoms with van der Waals surface area (Å²) in [5.41, 5.74) is 1.21. The van der Waals surface area contributed by atoms with Crippen molar-refractivity contribution in [1.82, 2.24) is 9.71 Å². The van der Waals surface area contributed by atoms with Crippen molar-refractivity contribution >= 4 is 44.3 Å². The van der Waals surface area contributed by atoms with Crippen LogP contribution in [-0.4, -0.2) is 13.4 Å². The number of rotatable bonds is 6. The molecule has 3 rings (SSSR count). The lowest BCUT2D eigenvalue weighted by Gasteiger charge is -2.01. The van der Waals surface area contributed by atoms with Gasteiger partial charge in [0.05, 0.1) is 10.9 Å². The average molecular weight is 385 g/mol. The summed E-state index contributed by atoms with van der Waals surface area (Å²) in [4.78, 5) is 5.38. The molecule has 0 saturated heterocycles. The average Bonchev–Trinajstić information content (AvgIpc) is 3.16. The zero-order valence-electron chi connectivity index (χ0n) is 11.9. The lowest BCUT2D eigenvalue weighted by Crippen LogP contribution is -2.22. The predicted molar refractivity (Wildman–Crippen MR) is 94.7 cm³/mol. The van der Waals surface area contributed by atoms with Crippen molar-refractivity contribution in [3.8, 4) is 0 Å². The topological polar surface area (TPSA) is 59.1 Å². The Bertz CT molecular complexity index is 888. The van der Waals surface area contributed by atoms with Crippen LogP contribution in [0.3, 0.4) is 0 Å². The highest BCUT2D eigenvalue weighted by molar-refractivity contribution is 7.91. The van der Waals surface area contributed by atoms with E-state index in [0.29, 0.717) is 4.34 Å². The number of thiazole rings is 1. The zero-order chi connectivity index (χ0) is 16.3. The first-order valence-corrected chi connectivity index (χ1v) is 10.2. The standard InChI is InChI=1S/C15H13ClN2O2S3/c16-13-6-7-15(22-13)23(19,20)18-10-14-17-9-12(21-14)8-11-4-2-1-3-5-11/h1-7,9,18H,8,10H2. The minimum atomic E-state index is -3.54. The molecule has 0 aliphatic carbocycles. The molecule has 0 fully saturated rings. The van der Waals surface area contributed by atoms with Crippen LogP contribution in [0.2, 0.25) is 4.34 Å². The number of hydrogen-bond donors (Lipinski definition) is 1. The maximum Gasteiger partial charge on any atom is 0.250 e. The molecule has 0 bridgehead atoms. The summed E-state index contributed by atoms with van der Waals surface area (Å²) in [6.45, 7) is 0.178. The molecule has 8 heteroatoms. The van der Waals surface area contributed by atoms with Gasteiger partial charge in [-0.25, -0.2) is 18.1 Å².